The molecule has 122 valence electrons. The monoisotopic (exact) mass is 307 g/mol. The minimum atomic E-state index is -0.397. The van der Waals surface area contributed by atoms with Crippen LogP contribution in [0.1, 0.15) is 45.7 Å². The first kappa shape index (κ1) is 18.2. The molecule has 0 saturated heterocycles. The summed E-state index contributed by atoms with van der Waals surface area (Å²) in [5.74, 6) is -0.332. The molecule has 22 heavy (non-hydrogen) atoms. The Balaban J connectivity index is 2.80. The fourth-order valence-corrected chi connectivity index (χ4v) is 1.92. The Morgan fingerprint density at radius 1 is 1.14 bits per heavy atom. The average molecular weight is 307 g/mol. The lowest BCUT2D eigenvalue weighted by molar-refractivity contribution is -0.142. The Morgan fingerprint density at radius 2 is 1.82 bits per heavy atom. The molecule has 0 saturated carbocycles. The van der Waals surface area contributed by atoms with Gasteiger partial charge in [-0.05, 0) is 51.4 Å². The average Bonchev–Trinajstić information content (AvgIpc) is 2.36. The van der Waals surface area contributed by atoms with Gasteiger partial charge in [-0.25, -0.2) is 0 Å². The molecule has 0 aromatic heterocycles. The highest BCUT2D eigenvalue weighted by molar-refractivity contribution is 5.70. The van der Waals surface area contributed by atoms with Crippen LogP contribution < -0.4 is 10.1 Å². The number of nitrogens with one attached hydrogen (secondary N) is 1. The van der Waals surface area contributed by atoms with Crippen molar-refractivity contribution in [2.45, 2.75) is 53.2 Å². The third-order valence-corrected chi connectivity index (χ3v) is 2.88. The van der Waals surface area contributed by atoms with E-state index in [-0.39, 0.29) is 18.1 Å². The molecule has 5 heteroatoms. The predicted octanol–water partition coefficient (Wildman–Crippen LogP) is 2.61. The molecule has 0 aliphatic rings. The van der Waals surface area contributed by atoms with Gasteiger partial charge in [0, 0.05) is 24.9 Å². The molecule has 0 aliphatic heterocycles. The van der Waals surface area contributed by atoms with Crippen molar-refractivity contribution in [1.82, 2.24) is 5.32 Å². The molecule has 0 unspecified atom stereocenters. The van der Waals surface area contributed by atoms with E-state index in [0.717, 1.165) is 18.5 Å². The number of esters is 2. The van der Waals surface area contributed by atoms with Gasteiger partial charge in [-0.3, -0.25) is 9.59 Å². The molecule has 1 aromatic carbocycles. The van der Waals surface area contributed by atoms with Gasteiger partial charge in [0.05, 0.1) is 0 Å². The fourth-order valence-electron chi connectivity index (χ4n) is 1.92. The molecule has 0 fully saturated rings. The maximum Gasteiger partial charge on any atom is 0.308 e. The molecule has 0 atom stereocenters. The zero-order valence-electron chi connectivity index (χ0n) is 14.0. The lowest BCUT2D eigenvalue weighted by Crippen LogP contribution is -2.37. The van der Waals surface area contributed by atoms with E-state index in [0.29, 0.717) is 11.3 Å². The van der Waals surface area contributed by atoms with Gasteiger partial charge in [0.15, 0.2) is 0 Å². The predicted molar refractivity (Wildman–Crippen MR) is 84.7 cm³/mol. The first-order chi connectivity index (χ1) is 10.2. The van der Waals surface area contributed by atoms with Crippen LogP contribution in [0.5, 0.6) is 5.75 Å². The lowest BCUT2D eigenvalue weighted by Gasteiger charge is -2.20. The molecule has 0 heterocycles. The lowest BCUT2D eigenvalue weighted by atomic mass is 10.1. The van der Waals surface area contributed by atoms with Crippen LogP contribution in [0.2, 0.25) is 0 Å². The molecule has 0 bridgehead atoms. The van der Waals surface area contributed by atoms with Crippen molar-refractivity contribution in [2.75, 3.05) is 6.54 Å². The van der Waals surface area contributed by atoms with Crippen LogP contribution in [0.15, 0.2) is 18.2 Å². The minimum absolute atomic E-state index is 0.0677. The van der Waals surface area contributed by atoms with E-state index < -0.39 is 5.97 Å². The van der Waals surface area contributed by atoms with E-state index in [9.17, 15) is 9.59 Å². The Kier molecular flexibility index (Phi) is 6.56. The number of benzene rings is 1. The summed E-state index contributed by atoms with van der Waals surface area (Å²) in [4.78, 5) is 22.1. The molecule has 1 N–H and O–H groups in total. The number of hydrogen-bond donors (Lipinski definition) is 1. The van der Waals surface area contributed by atoms with Crippen molar-refractivity contribution in [2.24, 2.45) is 0 Å². The number of hydrogen-bond acceptors (Lipinski definition) is 5. The van der Waals surface area contributed by atoms with Crippen molar-refractivity contribution in [3.63, 3.8) is 0 Å². The minimum Gasteiger partial charge on any atom is -0.461 e. The van der Waals surface area contributed by atoms with Gasteiger partial charge in [0.25, 0.3) is 0 Å². The van der Waals surface area contributed by atoms with Crippen LogP contribution in [0.3, 0.4) is 0 Å². The maximum atomic E-state index is 11.1. The maximum absolute atomic E-state index is 11.1. The van der Waals surface area contributed by atoms with Gasteiger partial charge in [-0.15, -0.1) is 0 Å². The largest absolute Gasteiger partial charge is 0.461 e. The summed E-state index contributed by atoms with van der Waals surface area (Å²) < 4.78 is 10.2. The van der Waals surface area contributed by atoms with Crippen LogP contribution in [-0.4, -0.2) is 24.0 Å². The Labute approximate surface area is 132 Å². The number of carbonyl (C=O) groups is 2. The number of carbonyl (C=O) groups excluding carboxylic acids is 2. The smallest absolute Gasteiger partial charge is 0.308 e. The van der Waals surface area contributed by atoms with Crippen molar-refractivity contribution in [3.05, 3.63) is 29.3 Å². The molecule has 5 nitrogen and oxygen atoms in total. The summed E-state index contributed by atoms with van der Waals surface area (Å²) in [6.07, 6.45) is 0.838. The van der Waals surface area contributed by atoms with Gasteiger partial charge < -0.3 is 14.8 Å². The van der Waals surface area contributed by atoms with Crippen LogP contribution >= 0.6 is 0 Å². The van der Waals surface area contributed by atoms with Gasteiger partial charge in [0.1, 0.15) is 12.4 Å². The topological polar surface area (TPSA) is 64.6 Å². The summed E-state index contributed by atoms with van der Waals surface area (Å²) in [5.41, 5.74) is 1.85. The van der Waals surface area contributed by atoms with E-state index in [2.05, 4.69) is 26.1 Å². The quantitative estimate of drug-likeness (QED) is 0.646. The molecule has 0 aliphatic carbocycles. The summed E-state index contributed by atoms with van der Waals surface area (Å²) in [5, 5.41) is 3.42. The van der Waals surface area contributed by atoms with E-state index in [1.54, 1.807) is 6.07 Å². The van der Waals surface area contributed by atoms with Crippen molar-refractivity contribution >= 4 is 11.9 Å². The zero-order chi connectivity index (χ0) is 16.8. The number of ether oxygens (including phenoxy) is 2. The molecule has 0 spiro atoms. The van der Waals surface area contributed by atoms with Crippen LogP contribution in [0, 0.1) is 0 Å². The SMILES string of the molecule is CC(=O)OCc1cc(CCNC(C)(C)C)ccc1OC(C)=O. The highest BCUT2D eigenvalue weighted by Gasteiger charge is 2.11. The standard InChI is InChI=1S/C17H25NO4/c1-12(19)21-11-15-10-14(8-9-18-17(3,4)5)6-7-16(15)22-13(2)20/h6-7,10,18H,8-9,11H2,1-5H3. The van der Waals surface area contributed by atoms with Crippen LogP contribution in [0.4, 0.5) is 0 Å². The van der Waals surface area contributed by atoms with Crippen LogP contribution in [0.25, 0.3) is 0 Å². The van der Waals surface area contributed by atoms with Gasteiger partial charge in [-0.1, -0.05) is 6.07 Å². The normalized spacial score (nSPS) is 11.1. The molecule has 0 radical (unpaired) electrons. The second kappa shape index (κ2) is 7.94. The molecule has 0 amide bonds. The van der Waals surface area contributed by atoms with Gasteiger partial charge in [-0.2, -0.15) is 0 Å². The van der Waals surface area contributed by atoms with Crippen molar-refractivity contribution in [1.29, 1.82) is 0 Å². The summed E-state index contributed by atoms with van der Waals surface area (Å²) in [6, 6.07) is 5.57. The van der Waals surface area contributed by atoms with Crippen molar-refractivity contribution < 1.29 is 19.1 Å². The van der Waals surface area contributed by atoms with E-state index >= 15 is 0 Å². The van der Waals surface area contributed by atoms with E-state index in [1.807, 2.05) is 12.1 Å². The third kappa shape index (κ3) is 7.22. The third-order valence-electron chi connectivity index (χ3n) is 2.88. The van der Waals surface area contributed by atoms with E-state index in [4.69, 9.17) is 9.47 Å². The highest BCUT2D eigenvalue weighted by atomic mass is 16.5. The first-order valence-electron chi connectivity index (χ1n) is 7.36. The zero-order valence-corrected chi connectivity index (χ0v) is 14.0. The second-order valence-corrected chi connectivity index (χ2v) is 6.24. The Morgan fingerprint density at radius 3 is 2.36 bits per heavy atom. The molecule has 1 rings (SSSR count). The summed E-state index contributed by atoms with van der Waals surface area (Å²) in [7, 11) is 0. The van der Waals surface area contributed by atoms with Gasteiger partial charge >= 0.3 is 11.9 Å². The summed E-state index contributed by atoms with van der Waals surface area (Å²) in [6.45, 7) is 9.97. The highest BCUT2D eigenvalue weighted by Crippen LogP contribution is 2.22. The molecular weight excluding hydrogens is 282 g/mol. The number of rotatable bonds is 6. The summed E-state index contributed by atoms with van der Waals surface area (Å²) >= 11 is 0. The Hall–Kier alpha value is -1.88. The molecular formula is C17H25NO4. The Bertz CT molecular complexity index is 532. The van der Waals surface area contributed by atoms with E-state index in [1.165, 1.54) is 13.8 Å². The second-order valence-electron chi connectivity index (χ2n) is 6.24. The van der Waals surface area contributed by atoms with Crippen molar-refractivity contribution in [3.8, 4) is 5.75 Å². The van der Waals surface area contributed by atoms with Crippen LogP contribution in [-0.2, 0) is 27.4 Å². The fraction of sp³-hybridized carbons (Fsp3) is 0.529. The first-order valence-corrected chi connectivity index (χ1v) is 7.36. The van der Waals surface area contributed by atoms with Gasteiger partial charge in [0.2, 0.25) is 0 Å². The molecule has 1 aromatic rings.